The Kier molecular flexibility index (Phi) is 6.04. The first kappa shape index (κ1) is 19.1. The fourth-order valence-corrected chi connectivity index (χ4v) is 5.50. The summed E-state index contributed by atoms with van der Waals surface area (Å²) >= 11 is 1.99. The second-order valence-corrected chi connectivity index (χ2v) is 8.75. The number of urea groups is 1. The minimum atomic E-state index is -0.00247. The van der Waals surface area contributed by atoms with E-state index in [-0.39, 0.29) is 6.03 Å². The molecule has 7 nitrogen and oxygen atoms in total. The molecular weight excluding hydrogens is 374 g/mol. The Bertz CT molecular complexity index is 811. The summed E-state index contributed by atoms with van der Waals surface area (Å²) in [5, 5.41) is 15.2. The standard InChI is InChI=1S/C20H27N5O2S/c1-27-16-8-5-6-14(10-16)11-25-12-15(23-24-25)7-3-2-4-9-18-19-17(13-28-18)21-20(26)22-19/h5-6,8,10,12,17-19H,2-4,7,9,11,13H2,1H3,(H2,21,22,26)/t17-,18-,19-/m0/s1. The molecule has 0 radical (unpaired) electrons. The number of aryl methyl sites for hydroxylation is 1. The van der Waals surface area contributed by atoms with E-state index in [0.717, 1.165) is 42.0 Å². The van der Waals surface area contributed by atoms with Gasteiger partial charge in [-0.1, -0.05) is 30.2 Å². The second-order valence-electron chi connectivity index (χ2n) is 7.48. The summed E-state index contributed by atoms with van der Waals surface area (Å²) in [7, 11) is 1.68. The van der Waals surface area contributed by atoms with Gasteiger partial charge in [0.25, 0.3) is 0 Å². The van der Waals surface area contributed by atoms with Gasteiger partial charge < -0.3 is 15.4 Å². The van der Waals surface area contributed by atoms with Crippen LogP contribution in [0.1, 0.15) is 36.9 Å². The first-order valence-corrected chi connectivity index (χ1v) is 11.0. The molecule has 1 aromatic heterocycles. The number of carbonyl (C=O) groups is 1. The van der Waals surface area contributed by atoms with Crippen LogP contribution < -0.4 is 15.4 Å². The molecule has 0 bridgehead atoms. The molecule has 0 unspecified atom stereocenters. The molecule has 2 amide bonds. The van der Waals surface area contributed by atoms with Crippen LogP contribution in [0.3, 0.4) is 0 Å². The molecule has 2 saturated heterocycles. The fraction of sp³-hybridized carbons (Fsp3) is 0.550. The normalized spacial score (nSPS) is 23.3. The number of benzene rings is 1. The van der Waals surface area contributed by atoms with Crippen LogP contribution in [-0.2, 0) is 13.0 Å². The van der Waals surface area contributed by atoms with Crippen molar-refractivity contribution in [2.75, 3.05) is 12.9 Å². The highest BCUT2D eigenvalue weighted by atomic mass is 32.2. The molecule has 4 rings (SSSR count). The average molecular weight is 402 g/mol. The highest BCUT2D eigenvalue weighted by Crippen LogP contribution is 2.33. The zero-order valence-electron chi connectivity index (χ0n) is 16.1. The van der Waals surface area contributed by atoms with Crippen molar-refractivity contribution < 1.29 is 9.53 Å². The predicted octanol–water partition coefficient (Wildman–Crippen LogP) is 2.60. The molecule has 0 saturated carbocycles. The molecule has 2 aliphatic heterocycles. The molecule has 0 spiro atoms. The molecule has 2 N–H and O–H groups in total. The molecule has 2 aliphatic rings. The average Bonchev–Trinajstić information content (AvgIpc) is 3.38. The van der Waals surface area contributed by atoms with E-state index in [4.69, 9.17) is 4.74 Å². The van der Waals surface area contributed by atoms with Crippen LogP contribution in [0.2, 0.25) is 0 Å². The number of ether oxygens (including phenoxy) is 1. The Labute approximate surface area is 169 Å². The molecule has 0 aliphatic carbocycles. The van der Waals surface area contributed by atoms with Gasteiger partial charge in [-0.3, -0.25) is 0 Å². The second kappa shape index (κ2) is 8.86. The molecule has 150 valence electrons. The van der Waals surface area contributed by atoms with Crippen LogP contribution in [0, 0.1) is 0 Å². The van der Waals surface area contributed by atoms with Gasteiger partial charge in [-0.2, -0.15) is 11.8 Å². The van der Waals surface area contributed by atoms with Crippen LogP contribution in [0.4, 0.5) is 4.79 Å². The van der Waals surface area contributed by atoms with Gasteiger partial charge >= 0.3 is 6.03 Å². The van der Waals surface area contributed by atoms with Crippen molar-refractivity contribution in [2.45, 2.75) is 56.0 Å². The van der Waals surface area contributed by atoms with Gasteiger partial charge in [0.2, 0.25) is 0 Å². The number of nitrogens with one attached hydrogen (secondary N) is 2. The van der Waals surface area contributed by atoms with Gasteiger partial charge in [-0.25, -0.2) is 9.48 Å². The van der Waals surface area contributed by atoms with Crippen molar-refractivity contribution in [3.8, 4) is 5.75 Å². The number of methoxy groups -OCH3 is 1. The SMILES string of the molecule is COc1cccc(Cn2cc(CCCCC[C@@H]3SC[C@@H]4NC(=O)N[C@@H]43)nn2)c1. The molecule has 1 aromatic carbocycles. The summed E-state index contributed by atoms with van der Waals surface area (Å²) in [5.74, 6) is 1.89. The van der Waals surface area contributed by atoms with Gasteiger partial charge in [0.1, 0.15) is 5.75 Å². The van der Waals surface area contributed by atoms with E-state index < -0.39 is 0 Å². The summed E-state index contributed by atoms with van der Waals surface area (Å²) in [4.78, 5) is 11.4. The third-order valence-electron chi connectivity index (χ3n) is 5.42. The van der Waals surface area contributed by atoms with E-state index in [0.29, 0.717) is 23.9 Å². The Morgan fingerprint density at radius 1 is 1.29 bits per heavy atom. The number of thioether (sulfide) groups is 1. The lowest BCUT2D eigenvalue weighted by Crippen LogP contribution is -2.36. The molecule has 28 heavy (non-hydrogen) atoms. The van der Waals surface area contributed by atoms with Gasteiger partial charge in [0.05, 0.1) is 31.4 Å². The summed E-state index contributed by atoms with van der Waals surface area (Å²) in [6.07, 6.45) is 7.65. The van der Waals surface area contributed by atoms with Crippen molar-refractivity contribution >= 4 is 17.8 Å². The first-order chi connectivity index (χ1) is 13.7. The Morgan fingerprint density at radius 3 is 3.11 bits per heavy atom. The molecular formula is C20H27N5O2S. The van der Waals surface area contributed by atoms with E-state index in [1.807, 2.05) is 40.8 Å². The Balaban J connectivity index is 1.16. The molecule has 2 aromatic rings. The van der Waals surface area contributed by atoms with Crippen LogP contribution in [-0.4, -0.2) is 51.2 Å². The molecule has 3 heterocycles. The zero-order chi connectivity index (χ0) is 19.3. The van der Waals surface area contributed by atoms with E-state index in [1.165, 1.54) is 12.8 Å². The first-order valence-electron chi connectivity index (χ1n) is 9.92. The lowest BCUT2D eigenvalue weighted by molar-refractivity contribution is 0.247. The minimum absolute atomic E-state index is 0.00247. The summed E-state index contributed by atoms with van der Waals surface area (Å²) in [6.45, 7) is 0.700. The predicted molar refractivity (Wildman–Crippen MR) is 110 cm³/mol. The number of rotatable bonds is 9. The van der Waals surface area contributed by atoms with Crippen LogP contribution in [0.15, 0.2) is 30.5 Å². The molecule has 2 fully saturated rings. The monoisotopic (exact) mass is 401 g/mol. The van der Waals surface area contributed by atoms with Gasteiger partial charge in [0, 0.05) is 17.2 Å². The number of hydrogen-bond acceptors (Lipinski definition) is 5. The summed E-state index contributed by atoms with van der Waals surface area (Å²) in [5.41, 5.74) is 2.20. The van der Waals surface area contributed by atoms with Crippen molar-refractivity contribution in [1.82, 2.24) is 25.6 Å². The number of amides is 2. The Morgan fingerprint density at radius 2 is 2.21 bits per heavy atom. The van der Waals surface area contributed by atoms with E-state index >= 15 is 0 Å². The quantitative estimate of drug-likeness (QED) is 0.499. The smallest absolute Gasteiger partial charge is 0.315 e. The topological polar surface area (TPSA) is 81.1 Å². The van der Waals surface area contributed by atoms with Gasteiger partial charge in [0.15, 0.2) is 0 Å². The van der Waals surface area contributed by atoms with E-state index in [2.05, 4.69) is 27.0 Å². The number of carbonyl (C=O) groups excluding carboxylic acids is 1. The number of aromatic nitrogens is 3. The maximum atomic E-state index is 11.4. The highest BCUT2D eigenvalue weighted by molar-refractivity contribution is 8.00. The van der Waals surface area contributed by atoms with E-state index in [1.54, 1.807) is 7.11 Å². The molecule has 3 atom stereocenters. The maximum Gasteiger partial charge on any atom is 0.315 e. The van der Waals surface area contributed by atoms with Crippen LogP contribution in [0.25, 0.3) is 0 Å². The van der Waals surface area contributed by atoms with Gasteiger partial charge in [-0.15, -0.1) is 5.10 Å². The van der Waals surface area contributed by atoms with Crippen LogP contribution in [0.5, 0.6) is 5.75 Å². The number of fused-ring (bicyclic) bond motifs is 1. The third kappa shape index (κ3) is 4.60. The fourth-order valence-electron chi connectivity index (χ4n) is 3.96. The lowest BCUT2D eigenvalue weighted by Gasteiger charge is -2.16. The highest BCUT2D eigenvalue weighted by Gasteiger charge is 2.42. The number of unbranched alkanes of at least 4 members (excludes halogenated alkanes) is 2. The third-order valence-corrected chi connectivity index (χ3v) is 6.93. The number of nitrogens with zero attached hydrogens (tertiary/aromatic N) is 3. The zero-order valence-corrected chi connectivity index (χ0v) is 17.0. The largest absolute Gasteiger partial charge is 0.497 e. The number of hydrogen-bond donors (Lipinski definition) is 2. The van der Waals surface area contributed by atoms with Crippen molar-refractivity contribution in [3.05, 3.63) is 41.7 Å². The summed E-state index contributed by atoms with van der Waals surface area (Å²) in [6, 6.07) is 8.66. The maximum absolute atomic E-state index is 11.4. The van der Waals surface area contributed by atoms with Crippen LogP contribution >= 0.6 is 11.8 Å². The van der Waals surface area contributed by atoms with Crippen molar-refractivity contribution in [1.29, 1.82) is 0 Å². The summed E-state index contributed by atoms with van der Waals surface area (Å²) < 4.78 is 7.15. The lowest BCUT2D eigenvalue weighted by atomic mass is 10.0. The van der Waals surface area contributed by atoms with Crippen molar-refractivity contribution in [2.24, 2.45) is 0 Å². The molecule has 8 heteroatoms. The van der Waals surface area contributed by atoms with Crippen molar-refractivity contribution in [3.63, 3.8) is 0 Å². The minimum Gasteiger partial charge on any atom is -0.497 e. The van der Waals surface area contributed by atoms with Gasteiger partial charge in [-0.05, 0) is 37.0 Å². The Hall–Kier alpha value is -2.22. The van der Waals surface area contributed by atoms with E-state index in [9.17, 15) is 4.79 Å².